The Morgan fingerprint density at radius 2 is 1.74 bits per heavy atom. The molecule has 2 rings (SSSR count). The lowest BCUT2D eigenvalue weighted by atomic mass is 9.98. The van der Waals surface area contributed by atoms with Gasteiger partial charge in [-0.25, -0.2) is 9.59 Å². The van der Waals surface area contributed by atoms with E-state index in [2.05, 4.69) is 48.7 Å². The molecule has 9 heteroatoms. The highest BCUT2D eigenvalue weighted by Gasteiger charge is 2.27. The minimum atomic E-state index is -0.709. The van der Waals surface area contributed by atoms with Gasteiger partial charge in [-0.05, 0) is 61.5 Å². The number of methoxy groups -OCH3 is 1. The summed E-state index contributed by atoms with van der Waals surface area (Å²) in [6.45, 7) is 10.6. The second-order valence-corrected chi connectivity index (χ2v) is 11.9. The molecule has 1 unspecified atom stereocenters. The van der Waals surface area contributed by atoms with Gasteiger partial charge in [0.1, 0.15) is 11.6 Å². The number of nitrogens with zero attached hydrogens (tertiary/aromatic N) is 1. The van der Waals surface area contributed by atoms with Crippen molar-refractivity contribution in [3.05, 3.63) is 48.0 Å². The molecule has 8 nitrogen and oxygen atoms in total. The summed E-state index contributed by atoms with van der Waals surface area (Å²) in [4.78, 5) is 40.3. The third kappa shape index (κ3) is 11.1. The van der Waals surface area contributed by atoms with E-state index in [1.165, 1.54) is 7.11 Å². The number of nitrogens with one attached hydrogen (secondary N) is 2. The Balaban J connectivity index is 2.32. The van der Waals surface area contributed by atoms with Crippen LogP contribution in [0.5, 0.6) is 0 Å². The number of carbonyl (C=O) groups is 3. The molecule has 0 radical (unpaired) electrons. The lowest BCUT2D eigenvalue weighted by Crippen LogP contribution is -2.51. The first-order valence-electron chi connectivity index (χ1n) is 13.5. The molecule has 0 aromatic heterocycles. The van der Waals surface area contributed by atoms with Crippen LogP contribution in [0.15, 0.2) is 42.5 Å². The van der Waals surface area contributed by atoms with E-state index >= 15 is 0 Å². The lowest BCUT2D eigenvalue weighted by molar-refractivity contribution is -0.145. The van der Waals surface area contributed by atoms with Gasteiger partial charge >= 0.3 is 12.1 Å². The second kappa shape index (κ2) is 15.7. The molecule has 216 valence electrons. The zero-order valence-corrected chi connectivity index (χ0v) is 25.2. The Kier molecular flexibility index (Phi) is 13.1. The summed E-state index contributed by atoms with van der Waals surface area (Å²) < 4.78 is 10.4. The number of hydrogen-bond acceptors (Lipinski definition) is 7. The summed E-state index contributed by atoms with van der Waals surface area (Å²) in [7, 11) is 1.33. The maximum Gasteiger partial charge on any atom is 0.407 e. The Hall–Kier alpha value is -2.78. The predicted octanol–water partition coefficient (Wildman–Crippen LogP) is 4.99. The molecule has 0 fully saturated rings. The van der Waals surface area contributed by atoms with E-state index in [1.807, 2.05) is 50.1 Å². The monoisotopic (exact) mass is 559 g/mol. The first-order valence-corrected chi connectivity index (χ1v) is 14.9. The molecule has 0 spiro atoms. The van der Waals surface area contributed by atoms with E-state index in [1.54, 1.807) is 11.8 Å². The fraction of sp³-hybridized carbons (Fsp3) is 0.567. The van der Waals surface area contributed by atoms with Crippen molar-refractivity contribution in [3.63, 3.8) is 0 Å². The van der Waals surface area contributed by atoms with Gasteiger partial charge in [0.2, 0.25) is 5.91 Å². The van der Waals surface area contributed by atoms with Gasteiger partial charge in [0.25, 0.3) is 0 Å². The topological polar surface area (TPSA) is 97.0 Å². The van der Waals surface area contributed by atoms with E-state index in [0.717, 1.165) is 28.5 Å². The van der Waals surface area contributed by atoms with Crippen molar-refractivity contribution in [1.29, 1.82) is 0 Å². The van der Waals surface area contributed by atoms with Crippen molar-refractivity contribution >= 4 is 40.5 Å². The van der Waals surface area contributed by atoms with Crippen LogP contribution in [0.4, 0.5) is 4.79 Å². The van der Waals surface area contributed by atoms with Gasteiger partial charge in [0, 0.05) is 19.1 Å². The molecule has 0 heterocycles. The summed E-state index contributed by atoms with van der Waals surface area (Å²) in [5, 5.41) is 8.13. The number of esters is 1. The van der Waals surface area contributed by atoms with Crippen LogP contribution in [0.3, 0.4) is 0 Å². The van der Waals surface area contributed by atoms with Crippen molar-refractivity contribution in [2.24, 2.45) is 5.92 Å². The van der Waals surface area contributed by atoms with E-state index in [4.69, 9.17) is 9.47 Å². The van der Waals surface area contributed by atoms with Gasteiger partial charge in [-0.15, -0.1) is 0 Å². The second-order valence-electron chi connectivity index (χ2n) is 10.9. The van der Waals surface area contributed by atoms with Crippen LogP contribution in [0.2, 0.25) is 0 Å². The molecule has 39 heavy (non-hydrogen) atoms. The average Bonchev–Trinajstić information content (AvgIpc) is 2.88. The molecular formula is C30H45N3O5S. The van der Waals surface area contributed by atoms with Crippen LogP contribution in [0.1, 0.15) is 53.0 Å². The van der Waals surface area contributed by atoms with Gasteiger partial charge in [0.05, 0.1) is 13.7 Å². The van der Waals surface area contributed by atoms with Crippen LogP contribution < -0.4 is 10.6 Å². The number of thioether (sulfide) groups is 1. The van der Waals surface area contributed by atoms with Crippen molar-refractivity contribution in [3.8, 4) is 0 Å². The number of rotatable bonds is 14. The van der Waals surface area contributed by atoms with Crippen molar-refractivity contribution < 1.29 is 23.9 Å². The molecule has 0 aliphatic rings. The van der Waals surface area contributed by atoms with Crippen LogP contribution in [-0.2, 0) is 25.6 Å². The van der Waals surface area contributed by atoms with Gasteiger partial charge in [0.15, 0.2) is 0 Å². The van der Waals surface area contributed by atoms with Crippen LogP contribution in [0.25, 0.3) is 10.8 Å². The molecule has 0 bridgehead atoms. The van der Waals surface area contributed by atoms with Crippen LogP contribution in [0, 0.1) is 5.92 Å². The minimum Gasteiger partial charge on any atom is -0.467 e. The number of fused-ring (bicyclic) bond motifs is 1. The first kappa shape index (κ1) is 32.4. The number of hydrogen-bond donors (Lipinski definition) is 2. The average molecular weight is 560 g/mol. The van der Waals surface area contributed by atoms with E-state index in [0.29, 0.717) is 19.5 Å². The fourth-order valence-electron chi connectivity index (χ4n) is 4.32. The van der Waals surface area contributed by atoms with Gasteiger partial charge in [-0.1, -0.05) is 62.7 Å². The first-order chi connectivity index (χ1) is 18.5. The lowest BCUT2D eigenvalue weighted by Gasteiger charge is -2.32. The SMILES string of the molecule is CCC(C)[C@@H](CN(CC(=O)N[C@@H](CCSC)C(=O)OC)Cc1cccc2ccccc12)NC(=O)OC(C)(C)C. The Morgan fingerprint density at radius 1 is 1.05 bits per heavy atom. The van der Waals surface area contributed by atoms with Crippen molar-refractivity contribution in [2.45, 2.75) is 71.7 Å². The van der Waals surface area contributed by atoms with Gasteiger partial charge in [-0.2, -0.15) is 11.8 Å². The molecule has 2 N–H and O–H groups in total. The highest BCUT2D eigenvalue weighted by molar-refractivity contribution is 7.98. The zero-order chi connectivity index (χ0) is 29.0. The number of ether oxygens (including phenoxy) is 2. The van der Waals surface area contributed by atoms with E-state index in [9.17, 15) is 14.4 Å². The Morgan fingerprint density at radius 3 is 2.38 bits per heavy atom. The molecule has 2 aromatic rings. The standard InChI is InChI=1S/C30H45N3O5S/c1-8-21(2)26(32-29(36)38-30(3,4)5)19-33(18-23-14-11-13-22-12-9-10-15-24(22)23)20-27(34)31-25(16-17-39-7)28(35)37-6/h9-15,21,25-26H,8,16-20H2,1-7H3,(H,31,34)(H,32,36)/t21?,25-,26+/m0/s1. The minimum absolute atomic E-state index is 0.0545. The van der Waals surface area contributed by atoms with Crippen LogP contribution in [-0.4, -0.2) is 72.8 Å². The smallest absolute Gasteiger partial charge is 0.407 e. The highest BCUT2D eigenvalue weighted by atomic mass is 32.2. The number of benzene rings is 2. The summed E-state index contributed by atoms with van der Waals surface area (Å²) in [5.74, 6) is 0.129. The summed E-state index contributed by atoms with van der Waals surface area (Å²) in [6.07, 6.45) is 2.80. The van der Waals surface area contributed by atoms with Gasteiger partial charge in [-0.3, -0.25) is 9.69 Å². The molecular weight excluding hydrogens is 514 g/mol. The van der Waals surface area contributed by atoms with Crippen molar-refractivity contribution in [2.75, 3.05) is 32.2 Å². The largest absolute Gasteiger partial charge is 0.467 e. The molecule has 3 atom stereocenters. The van der Waals surface area contributed by atoms with E-state index in [-0.39, 0.29) is 24.4 Å². The van der Waals surface area contributed by atoms with E-state index < -0.39 is 23.7 Å². The normalized spacial score (nSPS) is 13.9. The fourth-order valence-corrected chi connectivity index (χ4v) is 4.79. The molecule has 0 aliphatic heterocycles. The zero-order valence-electron chi connectivity index (χ0n) is 24.4. The number of carbonyl (C=O) groups excluding carboxylic acids is 3. The molecule has 0 saturated heterocycles. The van der Waals surface area contributed by atoms with Gasteiger partial charge < -0.3 is 20.1 Å². The third-order valence-corrected chi connectivity index (χ3v) is 7.20. The molecule has 2 amide bonds. The highest BCUT2D eigenvalue weighted by Crippen LogP contribution is 2.21. The van der Waals surface area contributed by atoms with Crippen LogP contribution >= 0.6 is 11.8 Å². The summed E-state index contributed by atoms with van der Waals surface area (Å²) in [6, 6.07) is 13.3. The maximum absolute atomic E-state index is 13.3. The molecule has 2 aromatic carbocycles. The third-order valence-electron chi connectivity index (χ3n) is 6.56. The number of amides is 2. The summed E-state index contributed by atoms with van der Waals surface area (Å²) in [5.41, 5.74) is 0.458. The Labute approximate surface area is 237 Å². The number of alkyl carbamates (subject to hydrolysis) is 1. The Bertz CT molecular complexity index is 1080. The molecule has 0 aliphatic carbocycles. The quantitative estimate of drug-likeness (QED) is 0.315. The summed E-state index contributed by atoms with van der Waals surface area (Å²) >= 11 is 1.60. The maximum atomic E-state index is 13.3. The predicted molar refractivity (Wildman–Crippen MR) is 159 cm³/mol. The molecule has 0 saturated carbocycles. The van der Waals surface area contributed by atoms with Crippen molar-refractivity contribution in [1.82, 2.24) is 15.5 Å².